The second-order valence-electron chi connectivity index (χ2n) is 5.16. The van der Waals surface area contributed by atoms with Crippen molar-refractivity contribution in [1.29, 1.82) is 0 Å². The maximum Gasteiger partial charge on any atom is 0.255 e. The molecule has 7 heteroatoms. The smallest absolute Gasteiger partial charge is 0.255 e. The number of carbonyl (C=O) groups is 1. The third-order valence-corrected chi connectivity index (χ3v) is 5.33. The summed E-state index contributed by atoms with van der Waals surface area (Å²) in [6.45, 7) is 2.53. The first-order valence-electron chi connectivity index (χ1n) is 6.75. The van der Waals surface area contributed by atoms with Crippen molar-refractivity contribution in [3.8, 4) is 5.75 Å². The minimum absolute atomic E-state index is 0.203. The highest BCUT2D eigenvalue weighted by molar-refractivity contribution is 7.91. The molecule has 2 N–H and O–H groups in total. The second kappa shape index (κ2) is 6.03. The number of amides is 1. The van der Waals surface area contributed by atoms with Gasteiger partial charge in [-0.05, 0) is 31.7 Å². The number of sulfone groups is 1. The molecule has 0 bridgehead atoms. The Bertz CT molecular complexity index is 642. The normalized spacial score (nSPS) is 18.0. The van der Waals surface area contributed by atoms with Crippen LogP contribution in [0.2, 0.25) is 0 Å². The SMILES string of the molecule is CNC(c1ccc2c(c1)C(=O)NCCO2)C(C)S(C)(=O)=O. The van der Waals surface area contributed by atoms with E-state index < -0.39 is 15.1 Å². The molecule has 2 rings (SSSR count). The molecule has 0 fully saturated rings. The van der Waals surface area contributed by atoms with Gasteiger partial charge in [0.05, 0.1) is 17.4 Å². The van der Waals surface area contributed by atoms with E-state index in [1.54, 1.807) is 32.2 Å². The summed E-state index contributed by atoms with van der Waals surface area (Å²) in [5.74, 6) is 0.321. The van der Waals surface area contributed by atoms with Crippen LogP contribution < -0.4 is 15.4 Å². The van der Waals surface area contributed by atoms with Crippen LogP contribution in [0.1, 0.15) is 28.9 Å². The van der Waals surface area contributed by atoms with E-state index in [9.17, 15) is 13.2 Å². The van der Waals surface area contributed by atoms with Crippen LogP contribution in [0.3, 0.4) is 0 Å². The quantitative estimate of drug-likeness (QED) is 0.846. The average Bonchev–Trinajstić information content (AvgIpc) is 2.61. The van der Waals surface area contributed by atoms with E-state index in [0.29, 0.717) is 24.5 Å². The fourth-order valence-electron chi connectivity index (χ4n) is 2.38. The van der Waals surface area contributed by atoms with Gasteiger partial charge in [0.2, 0.25) is 0 Å². The van der Waals surface area contributed by atoms with Gasteiger partial charge in [-0.1, -0.05) is 6.07 Å². The Morgan fingerprint density at radius 2 is 2.10 bits per heavy atom. The zero-order valence-corrected chi connectivity index (χ0v) is 13.2. The number of nitrogens with one attached hydrogen (secondary N) is 2. The van der Waals surface area contributed by atoms with Gasteiger partial charge in [0.25, 0.3) is 5.91 Å². The van der Waals surface area contributed by atoms with Gasteiger partial charge in [0.15, 0.2) is 9.84 Å². The summed E-state index contributed by atoms with van der Waals surface area (Å²) >= 11 is 0. The molecule has 2 unspecified atom stereocenters. The lowest BCUT2D eigenvalue weighted by Gasteiger charge is -2.23. The van der Waals surface area contributed by atoms with Crippen LogP contribution in [0.15, 0.2) is 18.2 Å². The van der Waals surface area contributed by atoms with E-state index in [1.807, 2.05) is 0 Å². The number of hydrogen-bond donors (Lipinski definition) is 2. The minimum atomic E-state index is -3.20. The summed E-state index contributed by atoms with van der Waals surface area (Å²) < 4.78 is 29.0. The van der Waals surface area contributed by atoms with Crippen molar-refractivity contribution >= 4 is 15.7 Å². The maximum atomic E-state index is 12.0. The molecule has 1 aromatic rings. The molecular weight excluding hydrogens is 292 g/mol. The largest absolute Gasteiger partial charge is 0.491 e. The number of rotatable bonds is 4. The van der Waals surface area contributed by atoms with Crippen LogP contribution in [0.25, 0.3) is 0 Å². The van der Waals surface area contributed by atoms with E-state index in [2.05, 4.69) is 10.6 Å². The first kappa shape index (κ1) is 15.8. The molecule has 21 heavy (non-hydrogen) atoms. The van der Waals surface area contributed by atoms with E-state index in [4.69, 9.17) is 4.74 Å². The Labute approximate surface area is 124 Å². The molecule has 0 spiro atoms. The van der Waals surface area contributed by atoms with Gasteiger partial charge in [-0.15, -0.1) is 0 Å². The molecule has 6 nitrogen and oxygen atoms in total. The standard InChI is InChI=1S/C14H20N2O4S/c1-9(21(3,18)19)13(15-2)10-4-5-12-11(8-10)14(17)16-6-7-20-12/h4-5,8-9,13,15H,6-7H2,1-3H3,(H,16,17). The molecule has 0 aromatic heterocycles. The van der Waals surface area contributed by atoms with Crippen LogP contribution in [-0.2, 0) is 9.84 Å². The molecule has 1 aromatic carbocycles. The predicted molar refractivity (Wildman–Crippen MR) is 80.4 cm³/mol. The fourth-order valence-corrected chi connectivity index (χ4v) is 3.17. The van der Waals surface area contributed by atoms with Crippen molar-refractivity contribution < 1.29 is 17.9 Å². The lowest BCUT2D eigenvalue weighted by molar-refractivity contribution is 0.0957. The molecule has 0 saturated carbocycles. The summed E-state index contributed by atoms with van der Waals surface area (Å²) in [7, 11) is -1.50. The number of carbonyl (C=O) groups excluding carboxylic acids is 1. The highest BCUT2D eigenvalue weighted by Crippen LogP contribution is 2.28. The van der Waals surface area contributed by atoms with Crippen molar-refractivity contribution in [1.82, 2.24) is 10.6 Å². The van der Waals surface area contributed by atoms with E-state index in [-0.39, 0.29) is 11.9 Å². The summed E-state index contributed by atoms with van der Waals surface area (Å²) in [5, 5.41) is 5.15. The highest BCUT2D eigenvalue weighted by atomic mass is 32.2. The van der Waals surface area contributed by atoms with Gasteiger partial charge >= 0.3 is 0 Å². The Morgan fingerprint density at radius 1 is 1.38 bits per heavy atom. The van der Waals surface area contributed by atoms with Crippen molar-refractivity contribution in [2.75, 3.05) is 26.5 Å². The number of hydrogen-bond acceptors (Lipinski definition) is 5. The van der Waals surface area contributed by atoms with Gasteiger partial charge in [0.1, 0.15) is 12.4 Å². The zero-order chi connectivity index (χ0) is 15.6. The lowest BCUT2D eigenvalue weighted by atomic mass is 10.0. The first-order chi connectivity index (χ1) is 9.84. The van der Waals surface area contributed by atoms with Gasteiger partial charge in [-0.2, -0.15) is 0 Å². The summed E-state index contributed by atoms with van der Waals surface area (Å²) in [6.07, 6.45) is 1.21. The third kappa shape index (κ3) is 3.36. The fraction of sp³-hybridized carbons (Fsp3) is 0.500. The number of fused-ring (bicyclic) bond motifs is 1. The van der Waals surface area contributed by atoms with Crippen LogP contribution >= 0.6 is 0 Å². The lowest BCUT2D eigenvalue weighted by Crippen LogP contribution is -2.33. The Kier molecular flexibility index (Phi) is 4.53. The molecule has 0 saturated heterocycles. The summed E-state index contributed by atoms with van der Waals surface area (Å²) in [6, 6.07) is 4.81. The topological polar surface area (TPSA) is 84.5 Å². The number of ether oxygens (including phenoxy) is 1. The molecule has 1 aliphatic heterocycles. The molecule has 116 valence electrons. The second-order valence-corrected chi connectivity index (χ2v) is 7.56. The van der Waals surface area contributed by atoms with Gasteiger partial charge < -0.3 is 15.4 Å². The van der Waals surface area contributed by atoms with Crippen LogP contribution in [-0.4, -0.2) is 46.0 Å². The highest BCUT2D eigenvalue weighted by Gasteiger charge is 2.27. The zero-order valence-electron chi connectivity index (χ0n) is 12.3. The van der Waals surface area contributed by atoms with E-state index in [0.717, 1.165) is 5.56 Å². The molecule has 2 atom stereocenters. The van der Waals surface area contributed by atoms with Crippen LogP contribution in [0.4, 0.5) is 0 Å². The van der Waals surface area contributed by atoms with Crippen molar-refractivity contribution in [3.05, 3.63) is 29.3 Å². The van der Waals surface area contributed by atoms with Crippen molar-refractivity contribution in [2.45, 2.75) is 18.2 Å². The molecule has 0 radical (unpaired) electrons. The van der Waals surface area contributed by atoms with Gasteiger partial charge in [-0.3, -0.25) is 4.79 Å². The van der Waals surface area contributed by atoms with Gasteiger partial charge in [0, 0.05) is 12.3 Å². The monoisotopic (exact) mass is 312 g/mol. The number of benzene rings is 1. The first-order valence-corrected chi connectivity index (χ1v) is 8.71. The third-order valence-electron chi connectivity index (χ3n) is 3.71. The van der Waals surface area contributed by atoms with Crippen molar-refractivity contribution in [3.63, 3.8) is 0 Å². The predicted octanol–water partition coefficient (Wildman–Crippen LogP) is 0.502. The Hall–Kier alpha value is -1.60. The Balaban J connectivity index is 2.42. The summed E-state index contributed by atoms with van der Waals surface area (Å²) in [5.41, 5.74) is 1.18. The van der Waals surface area contributed by atoms with E-state index >= 15 is 0 Å². The summed E-state index contributed by atoms with van der Waals surface area (Å²) in [4.78, 5) is 12.0. The van der Waals surface area contributed by atoms with Gasteiger partial charge in [-0.25, -0.2) is 8.42 Å². The van der Waals surface area contributed by atoms with Crippen LogP contribution in [0.5, 0.6) is 5.75 Å². The molecule has 1 heterocycles. The Morgan fingerprint density at radius 3 is 2.71 bits per heavy atom. The maximum absolute atomic E-state index is 12.0. The van der Waals surface area contributed by atoms with E-state index in [1.165, 1.54) is 6.26 Å². The van der Waals surface area contributed by atoms with Crippen LogP contribution in [0, 0.1) is 0 Å². The molecule has 1 amide bonds. The molecule has 0 aliphatic carbocycles. The molecule has 1 aliphatic rings. The molecular formula is C14H20N2O4S. The minimum Gasteiger partial charge on any atom is -0.491 e. The average molecular weight is 312 g/mol. The van der Waals surface area contributed by atoms with Crippen molar-refractivity contribution in [2.24, 2.45) is 0 Å².